The van der Waals surface area contributed by atoms with E-state index in [4.69, 9.17) is 0 Å². The molecule has 6 nitrogen and oxygen atoms in total. The fourth-order valence-electron chi connectivity index (χ4n) is 2.37. The molecule has 0 radical (unpaired) electrons. The Balaban J connectivity index is 1.78. The summed E-state index contributed by atoms with van der Waals surface area (Å²) in [4.78, 5) is 8.75. The van der Waals surface area contributed by atoms with Gasteiger partial charge < -0.3 is 9.88 Å². The topological polar surface area (TPSA) is 78.1 Å². The van der Waals surface area contributed by atoms with E-state index >= 15 is 0 Å². The largest absolute Gasteiger partial charge is 0.335 e. The van der Waals surface area contributed by atoms with Crippen molar-refractivity contribution in [3.8, 4) is 0 Å². The molecule has 1 unspecified atom stereocenters. The lowest BCUT2D eigenvalue weighted by Crippen LogP contribution is -2.38. The van der Waals surface area contributed by atoms with Gasteiger partial charge >= 0.3 is 0 Å². The van der Waals surface area contributed by atoms with E-state index in [-0.39, 0.29) is 5.03 Å². The number of imidazole rings is 1. The van der Waals surface area contributed by atoms with Crippen LogP contribution in [0.2, 0.25) is 0 Å². The number of rotatable bonds is 6. The van der Waals surface area contributed by atoms with E-state index in [1.165, 1.54) is 31.8 Å². The van der Waals surface area contributed by atoms with Crippen molar-refractivity contribution in [3.63, 3.8) is 0 Å². The van der Waals surface area contributed by atoms with Crippen LogP contribution < -0.4 is 4.72 Å². The van der Waals surface area contributed by atoms with Crippen molar-refractivity contribution in [2.24, 2.45) is 5.92 Å². The molecule has 0 aliphatic carbocycles. The van der Waals surface area contributed by atoms with E-state index in [0.29, 0.717) is 12.5 Å². The van der Waals surface area contributed by atoms with E-state index in [9.17, 15) is 8.42 Å². The molecule has 108 valence electrons. The number of hydrogen-bond acceptors (Lipinski definition) is 4. The first-order valence-corrected chi connectivity index (χ1v) is 8.26. The van der Waals surface area contributed by atoms with Gasteiger partial charge in [-0.2, -0.15) is 0 Å². The van der Waals surface area contributed by atoms with Gasteiger partial charge in [0.15, 0.2) is 5.03 Å². The normalized spacial score (nSPS) is 19.4. The maximum Gasteiger partial charge on any atom is 0.257 e. The Bertz CT molecular complexity index is 466. The van der Waals surface area contributed by atoms with Crippen molar-refractivity contribution < 1.29 is 8.42 Å². The van der Waals surface area contributed by atoms with Crippen molar-refractivity contribution >= 4 is 10.0 Å². The zero-order valence-corrected chi connectivity index (χ0v) is 12.1. The van der Waals surface area contributed by atoms with E-state index in [2.05, 4.69) is 26.5 Å². The number of aromatic nitrogens is 2. The Kier molecular flexibility index (Phi) is 4.95. The fraction of sp³-hybridized carbons (Fsp3) is 0.750. The third kappa shape index (κ3) is 4.29. The molecule has 2 rings (SSSR count). The van der Waals surface area contributed by atoms with Crippen LogP contribution in [0.3, 0.4) is 0 Å². The predicted octanol–water partition coefficient (Wildman–Crippen LogP) is 0.810. The summed E-state index contributed by atoms with van der Waals surface area (Å²) in [5, 5.41) is 0.123. The SMILES string of the molecule is CC(CNS(=O)(=O)c1cnc[nH]1)CN1CCCCC1. The van der Waals surface area contributed by atoms with Gasteiger partial charge in [0.2, 0.25) is 0 Å². The Morgan fingerprint density at radius 3 is 2.79 bits per heavy atom. The smallest absolute Gasteiger partial charge is 0.257 e. The molecule has 2 N–H and O–H groups in total. The highest BCUT2D eigenvalue weighted by Gasteiger charge is 2.18. The van der Waals surface area contributed by atoms with Gasteiger partial charge in [0.25, 0.3) is 10.0 Å². The lowest BCUT2D eigenvalue weighted by Gasteiger charge is -2.29. The molecule has 0 bridgehead atoms. The highest BCUT2D eigenvalue weighted by molar-refractivity contribution is 7.89. The minimum Gasteiger partial charge on any atom is -0.335 e. The van der Waals surface area contributed by atoms with Gasteiger partial charge in [-0.3, -0.25) is 0 Å². The zero-order chi connectivity index (χ0) is 13.7. The number of hydrogen-bond donors (Lipinski definition) is 2. The lowest BCUT2D eigenvalue weighted by molar-refractivity contribution is 0.201. The van der Waals surface area contributed by atoms with Crippen LogP contribution in [-0.2, 0) is 10.0 Å². The molecule has 0 amide bonds. The number of aromatic amines is 1. The second-order valence-corrected chi connectivity index (χ2v) is 6.97. The molecule has 1 aliphatic heterocycles. The van der Waals surface area contributed by atoms with Crippen LogP contribution in [0.25, 0.3) is 0 Å². The molecule has 2 heterocycles. The monoisotopic (exact) mass is 286 g/mol. The van der Waals surface area contributed by atoms with Crippen molar-refractivity contribution in [3.05, 3.63) is 12.5 Å². The second-order valence-electron chi connectivity index (χ2n) is 5.23. The van der Waals surface area contributed by atoms with E-state index in [1.807, 2.05) is 0 Å². The molecule has 0 aromatic carbocycles. The van der Waals surface area contributed by atoms with Gasteiger partial charge in [0.05, 0.1) is 12.5 Å². The fourth-order valence-corrected chi connectivity index (χ4v) is 3.43. The number of piperidine rings is 1. The summed E-state index contributed by atoms with van der Waals surface area (Å²) >= 11 is 0. The highest BCUT2D eigenvalue weighted by Crippen LogP contribution is 2.11. The van der Waals surface area contributed by atoms with Crippen LogP contribution in [-0.4, -0.2) is 49.5 Å². The number of nitrogens with one attached hydrogen (secondary N) is 2. The molecular weight excluding hydrogens is 264 g/mol. The molecule has 1 aromatic heterocycles. The Morgan fingerprint density at radius 2 is 2.16 bits per heavy atom. The van der Waals surface area contributed by atoms with Gasteiger partial charge in [-0.25, -0.2) is 18.1 Å². The Labute approximate surface area is 114 Å². The summed E-state index contributed by atoms with van der Waals surface area (Å²) in [6.45, 7) is 5.75. The molecule has 1 fully saturated rings. The van der Waals surface area contributed by atoms with Gasteiger partial charge in [-0.05, 0) is 31.8 Å². The standard InChI is InChI=1S/C12H22N4O2S/c1-11(9-16-5-3-2-4-6-16)7-15-19(17,18)12-8-13-10-14-12/h8,10-11,15H,2-7,9H2,1H3,(H,13,14). The van der Waals surface area contributed by atoms with Crippen LogP contribution in [0.4, 0.5) is 0 Å². The molecule has 1 saturated heterocycles. The lowest BCUT2D eigenvalue weighted by atomic mass is 10.1. The third-order valence-electron chi connectivity index (χ3n) is 3.40. The first-order valence-electron chi connectivity index (χ1n) is 6.78. The molecule has 19 heavy (non-hydrogen) atoms. The predicted molar refractivity (Wildman–Crippen MR) is 73.2 cm³/mol. The molecule has 1 aliphatic rings. The maximum atomic E-state index is 11.9. The van der Waals surface area contributed by atoms with E-state index in [0.717, 1.165) is 19.6 Å². The van der Waals surface area contributed by atoms with Gasteiger partial charge in [-0.15, -0.1) is 0 Å². The first kappa shape index (κ1) is 14.5. The van der Waals surface area contributed by atoms with Crippen LogP contribution in [0.1, 0.15) is 26.2 Å². The van der Waals surface area contributed by atoms with Gasteiger partial charge in [-0.1, -0.05) is 13.3 Å². The molecule has 0 spiro atoms. The van der Waals surface area contributed by atoms with Crippen molar-refractivity contribution in [1.29, 1.82) is 0 Å². The maximum absolute atomic E-state index is 11.9. The average molecular weight is 286 g/mol. The number of likely N-dealkylation sites (tertiary alicyclic amines) is 1. The number of nitrogens with zero attached hydrogens (tertiary/aromatic N) is 2. The summed E-state index contributed by atoms with van der Waals surface area (Å²) in [5.41, 5.74) is 0. The third-order valence-corrected chi connectivity index (χ3v) is 4.75. The summed E-state index contributed by atoms with van der Waals surface area (Å²) in [6.07, 6.45) is 6.51. The van der Waals surface area contributed by atoms with E-state index in [1.54, 1.807) is 0 Å². The summed E-state index contributed by atoms with van der Waals surface area (Å²) < 4.78 is 26.4. The first-order chi connectivity index (χ1) is 9.08. The Hall–Kier alpha value is -0.920. The molecule has 1 aromatic rings. The summed E-state index contributed by atoms with van der Waals surface area (Å²) in [6, 6.07) is 0. The van der Waals surface area contributed by atoms with Gasteiger partial charge in [0.1, 0.15) is 0 Å². The summed E-state index contributed by atoms with van der Waals surface area (Å²) in [7, 11) is -3.44. The second kappa shape index (κ2) is 6.49. The minimum absolute atomic E-state index is 0.123. The zero-order valence-electron chi connectivity index (χ0n) is 11.3. The van der Waals surface area contributed by atoms with Crippen LogP contribution in [0.5, 0.6) is 0 Å². The van der Waals surface area contributed by atoms with Gasteiger partial charge in [0, 0.05) is 13.1 Å². The van der Waals surface area contributed by atoms with Crippen LogP contribution in [0, 0.1) is 5.92 Å². The minimum atomic E-state index is -3.44. The average Bonchev–Trinajstić information content (AvgIpc) is 2.92. The molecule has 1 atom stereocenters. The Morgan fingerprint density at radius 1 is 1.42 bits per heavy atom. The van der Waals surface area contributed by atoms with Crippen LogP contribution >= 0.6 is 0 Å². The highest BCUT2D eigenvalue weighted by atomic mass is 32.2. The van der Waals surface area contributed by atoms with Crippen LogP contribution in [0.15, 0.2) is 17.6 Å². The molecular formula is C12H22N4O2S. The van der Waals surface area contributed by atoms with Crippen molar-refractivity contribution in [2.75, 3.05) is 26.2 Å². The number of H-pyrrole nitrogens is 1. The number of sulfonamides is 1. The quantitative estimate of drug-likeness (QED) is 0.811. The molecule has 7 heteroatoms. The van der Waals surface area contributed by atoms with Crippen molar-refractivity contribution in [2.45, 2.75) is 31.2 Å². The summed E-state index contributed by atoms with van der Waals surface area (Å²) in [5.74, 6) is 0.302. The molecule has 0 saturated carbocycles. The van der Waals surface area contributed by atoms with Crippen molar-refractivity contribution in [1.82, 2.24) is 19.6 Å². The van der Waals surface area contributed by atoms with E-state index < -0.39 is 10.0 Å².